The molecule has 3 heteroatoms. The van der Waals surface area contributed by atoms with Crippen LogP contribution in [0.5, 0.6) is 0 Å². The molecular weight excluding hydrogens is 200 g/mol. The molecule has 0 aromatic carbocycles. The van der Waals surface area contributed by atoms with Crippen LogP contribution in [0.3, 0.4) is 0 Å². The zero-order valence-electron chi connectivity index (χ0n) is 10.8. The van der Waals surface area contributed by atoms with Crippen LogP contribution < -0.4 is 11.1 Å². The molecule has 0 aromatic heterocycles. The molecule has 1 rings (SSSR count). The molecule has 0 aliphatic heterocycles. The molecule has 1 fully saturated rings. The summed E-state index contributed by atoms with van der Waals surface area (Å²) in [5.41, 5.74) is 6.00. The maximum Gasteiger partial charge on any atom is 0.0436 e. The molecule has 3 nitrogen and oxygen atoms in total. The molecule has 2 unspecified atom stereocenters. The van der Waals surface area contributed by atoms with Crippen LogP contribution in [0.4, 0.5) is 0 Å². The second-order valence-corrected chi connectivity index (χ2v) is 5.91. The van der Waals surface area contributed by atoms with Crippen LogP contribution in [0.15, 0.2) is 0 Å². The molecule has 1 aliphatic rings. The van der Waals surface area contributed by atoms with E-state index in [9.17, 15) is 0 Å². The lowest BCUT2D eigenvalue weighted by Crippen LogP contribution is -2.45. The minimum absolute atomic E-state index is 0.186. The predicted molar refractivity (Wildman–Crippen MR) is 68.3 cm³/mol. The Hall–Kier alpha value is -0.120. The normalized spacial score (nSPS) is 27.0. The Labute approximate surface area is 99.8 Å². The Balaban J connectivity index is 2.34. The van der Waals surface area contributed by atoms with Crippen LogP contribution in [0.1, 0.15) is 46.0 Å². The van der Waals surface area contributed by atoms with Crippen LogP contribution in [0.25, 0.3) is 0 Å². The number of aliphatic hydroxyl groups is 1. The van der Waals surface area contributed by atoms with Crippen molar-refractivity contribution in [3.05, 3.63) is 0 Å². The van der Waals surface area contributed by atoms with E-state index < -0.39 is 0 Å². The SMILES string of the molecule is CC(C)(CCO)CNC1CCCCC1CN. The van der Waals surface area contributed by atoms with E-state index in [0.717, 1.165) is 19.5 Å². The Kier molecular flexibility index (Phi) is 5.73. The highest BCUT2D eigenvalue weighted by atomic mass is 16.3. The van der Waals surface area contributed by atoms with Crippen molar-refractivity contribution in [2.75, 3.05) is 19.7 Å². The summed E-state index contributed by atoms with van der Waals surface area (Å²) in [5, 5.41) is 12.6. The molecular formula is C13H28N2O. The molecule has 2 atom stereocenters. The molecule has 0 saturated heterocycles. The topological polar surface area (TPSA) is 58.3 Å². The standard InChI is InChI=1S/C13H28N2O/c1-13(2,7-8-16)10-15-12-6-4-3-5-11(12)9-14/h11-12,15-16H,3-10,14H2,1-2H3. The van der Waals surface area contributed by atoms with Crippen LogP contribution in [0, 0.1) is 11.3 Å². The van der Waals surface area contributed by atoms with Crippen LogP contribution in [-0.4, -0.2) is 30.8 Å². The highest BCUT2D eigenvalue weighted by molar-refractivity contribution is 4.83. The summed E-state index contributed by atoms with van der Waals surface area (Å²) < 4.78 is 0. The van der Waals surface area contributed by atoms with Gasteiger partial charge in [-0.2, -0.15) is 0 Å². The molecule has 0 aromatic rings. The van der Waals surface area contributed by atoms with Gasteiger partial charge in [-0.05, 0) is 37.1 Å². The van der Waals surface area contributed by atoms with Gasteiger partial charge in [-0.3, -0.25) is 0 Å². The fraction of sp³-hybridized carbons (Fsp3) is 1.00. The fourth-order valence-corrected chi connectivity index (χ4v) is 2.56. The zero-order chi connectivity index (χ0) is 12.0. The van der Waals surface area contributed by atoms with Gasteiger partial charge >= 0.3 is 0 Å². The number of hydrogen-bond donors (Lipinski definition) is 3. The summed E-state index contributed by atoms with van der Waals surface area (Å²) in [5.74, 6) is 0.652. The molecule has 1 aliphatic carbocycles. The van der Waals surface area contributed by atoms with E-state index >= 15 is 0 Å². The van der Waals surface area contributed by atoms with E-state index in [1.165, 1.54) is 25.7 Å². The summed E-state index contributed by atoms with van der Waals surface area (Å²) >= 11 is 0. The van der Waals surface area contributed by atoms with Crippen LogP contribution in [0.2, 0.25) is 0 Å². The Morgan fingerprint density at radius 2 is 2.00 bits per heavy atom. The molecule has 1 saturated carbocycles. The summed E-state index contributed by atoms with van der Waals surface area (Å²) in [4.78, 5) is 0. The third kappa shape index (κ3) is 4.40. The molecule has 16 heavy (non-hydrogen) atoms. The first-order chi connectivity index (χ1) is 7.59. The Morgan fingerprint density at radius 1 is 1.31 bits per heavy atom. The van der Waals surface area contributed by atoms with E-state index in [0.29, 0.717) is 12.0 Å². The summed E-state index contributed by atoms with van der Waals surface area (Å²) in [6, 6.07) is 0.594. The monoisotopic (exact) mass is 228 g/mol. The van der Waals surface area contributed by atoms with Crippen molar-refractivity contribution in [3.8, 4) is 0 Å². The summed E-state index contributed by atoms with van der Waals surface area (Å²) in [6.07, 6.45) is 6.06. The van der Waals surface area contributed by atoms with E-state index in [1.807, 2.05) is 0 Å². The van der Waals surface area contributed by atoms with Crippen molar-refractivity contribution in [2.24, 2.45) is 17.1 Å². The van der Waals surface area contributed by atoms with Crippen LogP contribution >= 0.6 is 0 Å². The first-order valence-electron chi connectivity index (χ1n) is 6.63. The predicted octanol–water partition coefficient (Wildman–Crippen LogP) is 1.50. The maximum absolute atomic E-state index is 8.99. The fourth-order valence-electron chi connectivity index (χ4n) is 2.56. The number of rotatable bonds is 6. The van der Waals surface area contributed by atoms with E-state index in [1.54, 1.807) is 0 Å². The highest BCUT2D eigenvalue weighted by Gasteiger charge is 2.26. The van der Waals surface area contributed by atoms with Gasteiger partial charge in [0.1, 0.15) is 0 Å². The third-order valence-electron chi connectivity index (χ3n) is 3.84. The van der Waals surface area contributed by atoms with Crippen LogP contribution in [-0.2, 0) is 0 Å². The smallest absolute Gasteiger partial charge is 0.0436 e. The average Bonchev–Trinajstić information content (AvgIpc) is 2.27. The second-order valence-electron chi connectivity index (χ2n) is 5.91. The number of nitrogens with one attached hydrogen (secondary N) is 1. The van der Waals surface area contributed by atoms with Crippen molar-refractivity contribution in [3.63, 3.8) is 0 Å². The summed E-state index contributed by atoms with van der Waals surface area (Å²) in [7, 11) is 0. The maximum atomic E-state index is 8.99. The van der Waals surface area contributed by atoms with Crippen molar-refractivity contribution < 1.29 is 5.11 Å². The summed E-state index contributed by atoms with van der Waals surface area (Å²) in [6.45, 7) is 6.47. The average molecular weight is 228 g/mol. The molecule has 0 amide bonds. The van der Waals surface area contributed by atoms with Gasteiger partial charge < -0.3 is 16.2 Å². The molecule has 0 spiro atoms. The van der Waals surface area contributed by atoms with Gasteiger partial charge in [-0.15, -0.1) is 0 Å². The van der Waals surface area contributed by atoms with Gasteiger partial charge in [0.15, 0.2) is 0 Å². The third-order valence-corrected chi connectivity index (χ3v) is 3.84. The number of nitrogens with two attached hydrogens (primary N) is 1. The second kappa shape index (κ2) is 6.58. The first kappa shape index (κ1) is 13.9. The largest absolute Gasteiger partial charge is 0.396 e. The van der Waals surface area contributed by atoms with Gasteiger partial charge in [-0.1, -0.05) is 26.7 Å². The van der Waals surface area contributed by atoms with Gasteiger partial charge in [0, 0.05) is 19.2 Å². The van der Waals surface area contributed by atoms with Crippen molar-refractivity contribution in [2.45, 2.75) is 52.0 Å². The lowest BCUT2D eigenvalue weighted by molar-refractivity contribution is 0.185. The van der Waals surface area contributed by atoms with Gasteiger partial charge in [0.2, 0.25) is 0 Å². The van der Waals surface area contributed by atoms with Crippen molar-refractivity contribution in [1.29, 1.82) is 0 Å². The van der Waals surface area contributed by atoms with Crippen molar-refractivity contribution in [1.82, 2.24) is 5.32 Å². The number of hydrogen-bond acceptors (Lipinski definition) is 3. The molecule has 0 radical (unpaired) electrons. The minimum Gasteiger partial charge on any atom is -0.396 e. The van der Waals surface area contributed by atoms with Gasteiger partial charge in [0.25, 0.3) is 0 Å². The molecule has 0 heterocycles. The van der Waals surface area contributed by atoms with Gasteiger partial charge in [-0.25, -0.2) is 0 Å². The molecule has 96 valence electrons. The Morgan fingerprint density at radius 3 is 2.62 bits per heavy atom. The molecule has 4 N–H and O–H groups in total. The van der Waals surface area contributed by atoms with Crippen molar-refractivity contribution >= 4 is 0 Å². The first-order valence-corrected chi connectivity index (χ1v) is 6.63. The van der Waals surface area contributed by atoms with E-state index in [-0.39, 0.29) is 12.0 Å². The van der Waals surface area contributed by atoms with Gasteiger partial charge in [0.05, 0.1) is 0 Å². The lowest BCUT2D eigenvalue weighted by atomic mass is 9.83. The van der Waals surface area contributed by atoms with E-state index in [4.69, 9.17) is 10.8 Å². The highest BCUT2D eigenvalue weighted by Crippen LogP contribution is 2.25. The minimum atomic E-state index is 0.186. The lowest BCUT2D eigenvalue weighted by Gasteiger charge is -2.34. The van der Waals surface area contributed by atoms with E-state index in [2.05, 4.69) is 19.2 Å². The number of aliphatic hydroxyl groups excluding tert-OH is 1. The zero-order valence-corrected chi connectivity index (χ0v) is 10.8. The Bertz CT molecular complexity index is 194. The molecule has 0 bridgehead atoms. The quantitative estimate of drug-likeness (QED) is 0.646.